The predicted molar refractivity (Wildman–Crippen MR) is 60.9 cm³/mol. The lowest BCUT2D eigenvalue weighted by Gasteiger charge is -2.27. The average Bonchev–Trinajstić information content (AvgIpc) is 2.11. The second kappa shape index (κ2) is 6.03. The summed E-state index contributed by atoms with van der Waals surface area (Å²) >= 11 is 0. The minimum atomic E-state index is 0.235. The summed E-state index contributed by atoms with van der Waals surface area (Å²) in [5, 5.41) is 12.0. The Kier molecular flexibility index (Phi) is 5.79. The van der Waals surface area contributed by atoms with E-state index < -0.39 is 0 Å². The van der Waals surface area contributed by atoms with E-state index in [-0.39, 0.29) is 5.41 Å². The molecule has 0 spiro atoms. The molecule has 0 rings (SSSR count). The van der Waals surface area contributed by atoms with Crippen LogP contribution in [-0.4, -0.2) is 12.6 Å². The molecular weight excluding hydrogens is 172 g/mol. The molecule has 0 heterocycles. The second-order valence-corrected chi connectivity index (χ2v) is 5.24. The first-order chi connectivity index (χ1) is 6.39. The summed E-state index contributed by atoms with van der Waals surface area (Å²) in [6.07, 6.45) is 1.63. The zero-order valence-electron chi connectivity index (χ0n) is 10.2. The van der Waals surface area contributed by atoms with Crippen LogP contribution in [0.3, 0.4) is 0 Å². The van der Waals surface area contributed by atoms with Crippen molar-refractivity contribution in [2.75, 3.05) is 6.54 Å². The molecular formula is C12H24N2. The molecule has 14 heavy (non-hydrogen) atoms. The first-order valence-corrected chi connectivity index (χ1v) is 5.49. The molecule has 0 aromatic heterocycles. The van der Waals surface area contributed by atoms with Crippen LogP contribution >= 0.6 is 0 Å². The molecule has 2 heteroatoms. The van der Waals surface area contributed by atoms with Crippen LogP contribution in [0.25, 0.3) is 0 Å². The second-order valence-electron chi connectivity index (χ2n) is 5.24. The van der Waals surface area contributed by atoms with Crippen molar-refractivity contribution < 1.29 is 0 Å². The normalized spacial score (nSPS) is 14.1. The zero-order valence-corrected chi connectivity index (χ0v) is 10.2. The van der Waals surface area contributed by atoms with Crippen LogP contribution in [0, 0.1) is 22.7 Å². The Morgan fingerprint density at radius 3 is 2.29 bits per heavy atom. The minimum Gasteiger partial charge on any atom is -0.313 e. The molecule has 0 amide bonds. The van der Waals surface area contributed by atoms with Gasteiger partial charge in [0.2, 0.25) is 0 Å². The van der Waals surface area contributed by atoms with E-state index in [4.69, 9.17) is 5.26 Å². The Labute approximate surface area is 88.7 Å². The van der Waals surface area contributed by atoms with Crippen LogP contribution in [0.5, 0.6) is 0 Å². The summed E-state index contributed by atoms with van der Waals surface area (Å²) < 4.78 is 0. The number of nitrogens with one attached hydrogen (secondary N) is 1. The maximum Gasteiger partial charge on any atom is 0.0621 e. The number of rotatable bonds is 6. The van der Waals surface area contributed by atoms with Crippen LogP contribution < -0.4 is 5.32 Å². The SMILES string of the molecule is CC(C)C(C)NCC(C)(C)CCC#N. The molecule has 0 radical (unpaired) electrons. The van der Waals surface area contributed by atoms with Crippen molar-refractivity contribution in [1.82, 2.24) is 5.32 Å². The molecule has 0 aromatic rings. The smallest absolute Gasteiger partial charge is 0.0621 e. The Morgan fingerprint density at radius 2 is 1.86 bits per heavy atom. The first kappa shape index (κ1) is 13.4. The van der Waals surface area contributed by atoms with Crippen molar-refractivity contribution in [3.63, 3.8) is 0 Å². The van der Waals surface area contributed by atoms with E-state index in [0.717, 1.165) is 13.0 Å². The van der Waals surface area contributed by atoms with Crippen molar-refractivity contribution >= 4 is 0 Å². The third kappa shape index (κ3) is 5.99. The van der Waals surface area contributed by atoms with E-state index in [0.29, 0.717) is 18.4 Å². The van der Waals surface area contributed by atoms with Gasteiger partial charge in [0.25, 0.3) is 0 Å². The Morgan fingerprint density at radius 1 is 1.29 bits per heavy atom. The third-order valence-electron chi connectivity index (χ3n) is 2.82. The molecule has 0 aliphatic rings. The summed E-state index contributed by atoms with van der Waals surface area (Å²) in [6.45, 7) is 12.1. The number of hydrogen-bond donors (Lipinski definition) is 1. The summed E-state index contributed by atoms with van der Waals surface area (Å²) in [7, 11) is 0. The van der Waals surface area contributed by atoms with Gasteiger partial charge < -0.3 is 5.32 Å². The molecule has 0 aromatic carbocycles. The predicted octanol–water partition coefficient (Wildman–Crippen LogP) is 2.95. The highest BCUT2D eigenvalue weighted by atomic mass is 14.9. The van der Waals surface area contributed by atoms with Gasteiger partial charge in [0.15, 0.2) is 0 Å². The molecule has 82 valence electrons. The third-order valence-corrected chi connectivity index (χ3v) is 2.82. The fraction of sp³-hybridized carbons (Fsp3) is 0.917. The largest absolute Gasteiger partial charge is 0.313 e. The van der Waals surface area contributed by atoms with E-state index in [1.165, 1.54) is 0 Å². The van der Waals surface area contributed by atoms with E-state index in [9.17, 15) is 0 Å². The molecule has 0 aliphatic carbocycles. The van der Waals surface area contributed by atoms with Gasteiger partial charge in [-0.3, -0.25) is 0 Å². The number of nitrogens with zero attached hydrogens (tertiary/aromatic N) is 1. The van der Waals surface area contributed by atoms with Gasteiger partial charge in [-0.1, -0.05) is 27.7 Å². The Bertz CT molecular complexity index is 189. The molecule has 0 fully saturated rings. The molecule has 0 saturated carbocycles. The van der Waals surface area contributed by atoms with Crippen molar-refractivity contribution in [3.8, 4) is 6.07 Å². The molecule has 1 unspecified atom stereocenters. The summed E-state index contributed by atoms with van der Waals surface area (Å²) in [6, 6.07) is 2.76. The van der Waals surface area contributed by atoms with Gasteiger partial charge in [0, 0.05) is 19.0 Å². The van der Waals surface area contributed by atoms with Crippen LogP contribution in [0.4, 0.5) is 0 Å². The Balaban J connectivity index is 3.81. The van der Waals surface area contributed by atoms with E-state index >= 15 is 0 Å². The minimum absolute atomic E-state index is 0.235. The number of hydrogen-bond acceptors (Lipinski definition) is 2. The van der Waals surface area contributed by atoms with Gasteiger partial charge in [-0.25, -0.2) is 0 Å². The molecule has 1 N–H and O–H groups in total. The first-order valence-electron chi connectivity index (χ1n) is 5.49. The topological polar surface area (TPSA) is 35.8 Å². The summed E-state index contributed by atoms with van der Waals surface area (Å²) in [5.74, 6) is 0.668. The maximum atomic E-state index is 8.52. The van der Waals surface area contributed by atoms with Crippen molar-refractivity contribution in [3.05, 3.63) is 0 Å². The molecule has 1 atom stereocenters. The lowest BCUT2D eigenvalue weighted by Crippen LogP contribution is -2.38. The van der Waals surface area contributed by atoms with E-state index in [1.54, 1.807) is 0 Å². The average molecular weight is 196 g/mol. The summed E-state index contributed by atoms with van der Waals surface area (Å²) in [5.41, 5.74) is 0.235. The maximum absolute atomic E-state index is 8.52. The lowest BCUT2D eigenvalue weighted by atomic mass is 9.87. The molecule has 2 nitrogen and oxygen atoms in total. The van der Waals surface area contributed by atoms with Gasteiger partial charge in [0.05, 0.1) is 6.07 Å². The van der Waals surface area contributed by atoms with Crippen LogP contribution in [0.2, 0.25) is 0 Å². The van der Waals surface area contributed by atoms with Crippen LogP contribution in [0.15, 0.2) is 0 Å². The van der Waals surface area contributed by atoms with E-state index in [1.807, 2.05) is 0 Å². The Hall–Kier alpha value is -0.550. The monoisotopic (exact) mass is 196 g/mol. The van der Waals surface area contributed by atoms with Crippen LogP contribution in [-0.2, 0) is 0 Å². The highest BCUT2D eigenvalue weighted by Gasteiger charge is 2.18. The standard InChI is InChI=1S/C12H24N2/c1-10(2)11(3)14-9-12(4,5)7-6-8-13/h10-11,14H,6-7,9H2,1-5H3. The quantitative estimate of drug-likeness (QED) is 0.709. The number of nitriles is 1. The van der Waals surface area contributed by atoms with Crippen molar-refractivity contribution in [2.45, 2.75) is 53.5 Å². The van der Waals surface area contributed by atoms with Crippen molar-refractivity contribution in [1.29, 1.82) is 5.26 Å². The fourth-order valence-electron chi connectivity index (χ4n) is 1.16. The summed E-state index contributed by atoms with van der Waals surface area (Å²) in [4.78, 5) is 0. The lowest BCUT2D eigenvalue weighted by molar-refractivity contribution is 0.285. The van der Waals surface area contributed by atoms with Gasteiger partial charge >= 0.3 is 0 Å². The highest BCUT2D eigenvalue weighted by Crippen LogP contribution is 2.21. The van der Waals surface area contributed by atoms with Gasteiger partial charge in [-0.2, -0.15) is 5.26 Å². The van der Waals surface area contributed by atoms with E-state index in [2.05, 4.69) is 46.0 Å². The highest BCUT2D eigenvalue weighted by molar-refractivity contribution is 4.80. The van der Waals surface area contributed by atoms with Gasteiger partial charge in [-0.05, 0) is 24.7 Å². The fourth-order valence-corrected chi connectivity index (χ4v) is 1.16. The molecule has 0 saturated heterocycles. The van der Waals surface area contributed by atoms with Crippen molar-refractivity contribution in [2.24, 2.45) is 11.3 Å². The zero-order chi connectivity index (χ0) is 11.2. The molecule has 0 aliphatic heterocycles. The molecule has 0 bridgehead atoms. The van der Waals surface area contributed by atoms with Crippen LogP contribution in [0.1, 0.15) is 47.5 Å². The van der Waals surface area contributed by atoms with Gasteiger partial charge in [0.1, 0.15) is 0 Å². The van der Waals surface area contributed by atoms with Gasteiger partial charge in [-0.15, -0.1) is 0 Å².